The summed E-state index contributed by atoms with van der Waals surface area (Å²) in [5, 5.41) is 11.5. The van der Waals surface area contributed by atoms with Crippen LogP contribution in [0.5, 0.6) is 0 Å². The number of alkyl halides is 3. The van der Waals surface area contributed by atoms with E-state index in [-0.39, 0.29) is 11.9 Å². The zero-order valence-electron chi connectivity index (χ0n) is 17.6. The Labute approximate surface area is 192 Å². The highest BCUT2D eigenvalue weighted by molar-refractivity contribution is 7.19. The topological polar surface area (TPSA) is 47.0 Å². The third-order valence-electron chi connectivity index (χ3n) is 7.05. The van der Waals surface area contributed by atoms with E-state index in [4.69, 9.17) is 0 Å². The van der Waals surface area contributed by atoms with Crippen LogP contribution in [0.4, 0.5) is 13.2 Å². The highest BCUT2D eigenvalue weighted by atomic mass is 32.1. The monoisotopic (exact) mass is 473 g/mol. The van der Waals surface area contributed by atoms with Crippen LogP contribution in [0.2, 0.25) is 0 Å². The summed E-state index contributed by atoms with van der Waals surface area (Å²) in [4.78, 5) is 19.5. The highest BCUT2D eigenvalue weighted by Crippen LogP contribution is 2.38. The summed E-state index contributed by atoms with van der Waals surface area (Å²) in [6.45, 7) is 3.73. The number of carbonyl (C=O) groups excluding carboxylic acids is 1. The van der Waals surface area contributed by atoms with Gasteiger partial charge in [0.25, 0.3) is 5.91 Å². The molecule has 3 aromatic rings. The molecule has 0 radical (unpaired) electrons. The summed E-state index contributed by atoms with van der Waals surface area (Å²) >= 11 is 1.20. The lowest BCUT2D eigenvalue weighted by Crippen LogP contribution is -2.69. The number of rotatable bonds is 4. The van der Waals surface area contributed by atoms with Crippen LogP contribution in [0.3, 0.4) is 0 Å². The first-order valence-corrected chi connectivity index (χ1v) is 11.8. The quantitative estimate of drug-likeness (QED) is 0.624. The molecule has 172 valence electrons. The fraction of sp³-hybridized carbons (Fsp3) is 0.375. The van der Waals surface area contributed by atoms with Gasteiger partial charge in [0.2, 0.25) is 0 Å². The third-order valence-corrected chi connectivity index (χ3v) is 8.19. The lowest BCUT2D eigenvalue weighted by atomic mass is 9.98. The minimum atomic E-state index is -4.38. The molecule has 33 heavy (non-hydrogen) atoms. The number of hydrogen-bond donors (Lipinski definition) is 1. The molecular formula is C24H22F3N3O2S. The number of benzene rings is 2. The van der Waals surface area contributed by atoms with E-state index in [9.17, 15) is 23.1 Å². The molecule has 2 saturated heterocycles. The molecule has 1 unspecified atom stereocenters. The second-order valence-electron chi connectivity index (χ2n) is 9.08. The molecule has 1 amide bonds. The minimum absolute atomic E-state index is 0.111. The van der Waals surface area contributed by atoms with Crippen LogP contribution in [-0.2, 0) is 12.7 Å². The molecule has 0 aliphatic carbocycles. The van der Waals surface area contributed by atoms with Crippen molar-refractivity contribution >= 4 is 27.3 Å². The summed E-state index contributed by atoms with van der Waals surface area (Å²) in [5.41, 5.74) is 1.22. The van der Waals surface area contributed by atoms with Gasteiger partial charge in [-0.15, -0.1) is 11.3 Å². The number of likely N-dealkylation sites (tertiary alicyclic amines) is 2. The van der Waals surface area contributed by atoms with Gasteiger partial charge < -0.3 is 10.0 Å². The second kappa shape index (κ2) is 7.53. The van der Waals surface area contributed by atoms with Crippen molar-refractivity contribution in [2.24, 2.45) is 0 Å². The van der Waals surface area contributed by atoms with Gasteiger partial charge in [-0.2, -0.15) is 13.2 Å². The number of halogens is 3. The zero-order chi connectivity index (χ0) is 22.9. The maximum absolute atomic E-state index is 13.0. The third kappa shape index (κ3) is 3.54. The number of thiophene rings is 1. The molecule has 3 aliphatic heterocycles. The molecule has 3 aliphatic rings. The standard InChI is InChI=1S/C24H22F3N3O2S/c25-24(26,27)16-6-5-14-7-21(33-20(14)8-16)23(32)29-10-17(11-29)28-12-18(13-28)30-9-15-3-1-2-4-19(15)22(30)31/h1-8,17-18,23,32H,9-13H2. The summed E-state index contributed by atoms with van der Waals surface area (Å²) < 4.78 is 39.4. The summed E-state index contributed by atoms with van der Waals surface area (Å²) in [5.74, 6) is 0.111. The van der Waals surface area contributed by atoms with E-state index in [1.807, 2.05) is 34.1 Å². The maximum Gasteiger partial charge on any atom is 0.416 e. The Morgan fingerprint density at radius 2 is 1.76 bits per heavy atom. The first-order valence-electron chi connectivity index (χ1n) is 10.9. The van der Waals surface area contributed by atoms with E-state index in [2.05, 4.69) is 4.90 Å². The van der Waals surface area contributed by atoms with Crippen LogP contribution >= 0.6 is 11.3 Å². The number of aliphatic hydroxyl groups is 1. The van der Waals surface area contributed by atoms with E-state index in [1.54, 1.807) is 6.07 Å². The molecule has 1 aromatic heterocycles. The molecule has 1 atom stereocenters. The van der Waals surface area contributed by atoms with E-state index in [1.165, 1.54) is 17.4 Å². The number of hydrogen-bond acceptors (Lipinski definition) is 5. The first kappa shape index (κ1) is 21.1. The summed E-state index contributed by atoms with van der Waals surface area (Å²) in [7, 11) is 0. The van der Waals surface area contributed by atoms with Crippen LogP contribution < -0.4 is 0 Å². The largest absolute Gasteiger partial charge is 0.416 e. The first-order chi connectivity index (χ1) is 15.8. The van der Waals surface area contributed by atoms with Gasteiger partial charge >= 0.3 is 6.18 Å². The summed E-state index contributed by atoms with van der Waals surface area (Å²) in [6, 6.07) is 13.7. The van der Waals surface area contributed by atoms with Crippen molar-refractivity contribution in [2.45, 2.75) is 31.0 Å². The molecule has 2 fully saturated rings. The zero-order valence-corrected chi connectivity index (χ0v) is 18.4. The van der Waals surface area contributed by atoms with Crippen LogP contribution in [0, 0.1) is 0 Å². The Morgan fingerprint density at radius 1 is 1.00 bits per heavy atom. The van der Waals surface area contributed by atoms with Crippen molar-refractivity contribution in [1.29, 1.82) is 0 Å². The number of aliphatic hydroxyl groups excluding tert-OH is 1. The number of fused-ring (bicyclic) bond motifs is 2. The Bertz CT molecular complexity index is 1230. The average molecular weight is 474 g/mol. The van der Waals surface area contributed by atoms with Crippen molar-refractivity contribution in [3.05, 3.63) is 70.1 Å². The molecular weight excluding hydrogens is 451 g/mol. The van der Waals surface area contributed by atoms with Crippen molar-refractivity contribution in [2.75, 3.05) is 26.2 Å². The molecule has 1 N–H and O–H groups in total. The summed E-state index contributed by atoms with van der Waals surface area (Å²) in [6.07, 6.45) is -5.20. The predicted octanol–water partition coefficient (Wildman–Crippen LogP) is 3.94. The van der Waals surface area contributed by atoms with Gasteiger partial charge in [0.05, 0.1) is 11.6 Å². The Morgan fingerprint density at radius 3 is 2.48 bits per heavy atom. The van der Waals surface area contributed by atoms with Crippen molar-refractivity contribution in [3.63, 3.8) is 0 Å². The van der Waals surface area contributed by atoms with Gasteiger partial charge in [-0.3, -0.25) is 14.6 Å². The van der Waals surface area contributed by atoms with E-state index >= 15 is 0 Å². The highest BCUT2D eigenvalue weighted by Gasteiger charge is 2.45. The number of nitrogens with zero attached hydrogens (tertiary/aromatic N) is 3. The average Bonchev–Trinajstić information content (AvgIpc) is 3.29. The van der Waals surface area contributed by atoms with Gasteiger partial charge in [0.1, 0.15) is 6.23 Å². The van der Waals surface area contributed by atoms with Crippen molar-refractivity contribution in [3.8, 4) is 0 Å². The molecule has 5 nitrogen and oxygen atoms in total. The van der Waals surface area contributed by atoms with Crippen LogP contribution in [-0.4, -0.2) is 64.0 Å². The van der Waals surface area contributed by atoms with E-state index in [0.717, 1.165) is 36.3 Å². The molecule has 0 spiro atoms. The van der Waals surface area contributed by atoms with Gasteiger partial charge in [-0.25, -0.2) is 0 Å². The fourth-order valence-electron chi connectivity index (χ4n) is 5.01. The lowest BCUT2D eigenvalue weighted by Gasteiger charge is -2.54. The SMILES string of the molecule is O=C1c2ccccc2CN1C1CN(C2CN(C(O)c3cc4ccc(C(F)(F)F)cc4s3)C2)C1. The minimum Gasteiger partial charge on any atom is -0.373 e. The Hall–Kier alpha value is -2.46. The molecule has 9 heteroatoms. The van der Waals surface area contributed by atoms with Crippen molar-refractivity contribution in [1.82, 2.24) is 14.7 Å². The lowest BCUT2D eigenvalue weighted by molar-refractivity contribution is -0.137. The number of amides is 1. The van der Waals surface area contributed by atoms with Gasteiger partial charge in [0.15, 0.2) is 0 Å². The van der Waals surface area contributed by atoms with Crippen LogP contribution in [0.15, 0.2) is 48.5 Å². The van der Waals surface area contributed by atoms with Crippen LogP contribution in [0.1, 0.15) is 32.6 Å². The molecule has 2 aromatic carbocycles. The van der Waals surface area contributed by atoms with E-state index < -0.39 is 18.0 Å². The normalized spacial score (nSPS) is 21.3. The van der Waals surface area contributed by atoms with E-state index in [0.29, 0.717) is 40.6 Å². The van der Waals surface area contributed by atoms with Crippen molar-refractivity contribution < 1.29 is 23.1 Å². The molecule has 6 rings (SSSR count). The fourth-order valence-corrected chi connectivity index (χ4v) is 6.13. The Kier molecular flexibility index (Phi) is 4.81. The predicted molar refractivity (Wildman–Crippen MR) is 119 cm³/mol. The number of carbonyl (C=O) groups is 1. The van der Waals surface area contributed by atoms with Gasteiger partial charge in [-0.05, 0) is 35.2 Å². The van der Waals surface area contributed by atoms with Gasteiger partial charge in [-0.1, -0.05) is 24.3 Å². The molecule has 0 saturated carbocycles. The second-order valence-corrected chi connectivity index (χ2v) is 10.2. The molecule has 4 heterocycles. The van der Waals surface area contributed by atoms with Gasteiger partial charge in [0, 0.05) is 53.9 Å². The Balaban J connectivity index is 1.04. The smallest absolute Gasteiger partial charge is 0.373 e. The maximum atomic E-state index is 13.0. The molecule has 0 bridgehead atoms. The van der Waals surface area contributed by atoms with Crippen LogP contribution in [0.25, 0.3) is 10.1 Å².